The minimum absolute atomic E-state index is 0.489. The standard InChI is InChI=1S/C14H26O2/c1-12(2)8-7-9-13(3)10-11-16-14(4,5)15-6/h8,10H,7,9,11H2,1-6H3/b13-10+. The van der Waals surface area contributed by atoms with Crippen LogP contribution in [0, 0.1) is 0 Å². The Morgan fingerprint density at radius 1 is 1.12 bits per heavy atom. The molecule has 0 bridgehead atoms. The lowest BCUT2D eigenvalue weighted by molar-refractivity contribution is -0.190. The van der Waals surface area contributed by atoms with E-state index in [9.17, 15) is 0 Å². The SMILES string of the molecule is COC(C)(C)OC/C=C(\C)CCC=C(C)C. The lowest BCUT2D eigenvalue weighted by Gasteiger charge is -2.22. The molecule has 0 unspecified atom stereocenters. The van der Waals surface area contributed by atoms with Crippen molar-refractivity contribution in [1.82, 2.24) is 0 Å². The number of hydrogen-bond acceptors (Lipinski definition) is 2. The summed E-state index contributed by atoms with van der Waals surface area (Å²) < 4.78 is 10.7. The molecule has 0 spiro atoms. The maximum Gasteiger partial charge on any atom is 0.162 e. The van der Waals surface area contributed by atoms with Crippen LogP contribution in [0.3, 0.4) is 0 Å². The zero-order valence-electron chi connectivity index (χ0n) is 11.6. The summed E-state index contributed by atoms with van der Waals surface area (Å²) in [5.74, 6) is -0.489. The van der Waals surface area contributed by atoms with Crippen molar-refractivity contribution in [3.63, 3.8) is 0 Å². The minimum Gasteiger partial charge on any atom is -0.354 e. The van der Waals surface area contributed by atoms with Crippen LogP contribution in [0.15, 0.2) is 23.3 Å². The first-order valence-corrected chi connectivity index (χ1v) is 5.85. The zero-order valence-corrected chi connectivity index (χ0v) is 11.6. The second-order valence-electron chi connectivity index (χ2n) is 4.79. The maximum absolute atomic E-state index is 5.56. The van der Waals surface area contributed by atoms with Crippen LogP contribution in [-0.2, 0) is 9.47 Å². The zero-order chi connectivity index (χ0) is 12.6. The fourth-order valence-electron chi connectivity index (χ4n) is 1.13. The summed E-state index contributed by atoms with van der Waals surface area (Å²) >= 11 is 0. The first-order valence-electron chi connectivity index (χ1n) is 5.85. The smallest absolute Gasteiger partial charge is 0.162 e. The average Bonchev–Trinajstić information content (AvgIpc) is 2.17. The van der Waals surface area contributed by atoms with Crippen LogP contribution in [0.4, 0.5) is 0 Å². The Hall–Kier alpha value is -0.600. The molecule has 0 amide bonds. The summed E-state index contributed by atoms with van der Waals surface area (Å²) in [6.07, 6.45) is 6.59. The van der Waals surface area contributed by atoms with Crippen LogP contribution in [0.5, 0.6) is 0 Å². The molecule has 0 heterocycles. The summed E-state index contributed by atoms with van der Waals surface area (Å²) in [6.45, 7) is 10.8. The fraction of sp³-hybridized carbons (Fsp3) is 0.714. The van der Waals surface area contributed by atoms with Crippen molar-refractivity contribution in [2.45, 2.75) is 53.2 Å². The summed E-state index contributed by atoms with van der Waals surface area (Å²) in [4.78, 5) is 0. The summed E-state index contributed by atoms with van der Waals surface area (Å²) in [6, 6.07) is 0. The van der Waals surface area contributed by atoms with Crippen LogP contribution in [0.25, 0.3) is 0 Å². The van der Waals surface area contributed by atoms with E-state index in [0.29, 0.717) is 6.61 Å². The minimum atomic E-state index is -0.489. The van der Waals surface area contributed by atoms with Crippen molar-refractivity contribution in [2.75, 3.05) is 13.7 Å². The fourth-order valence-corrected chi connectivity index (χ4v) is 1.13. The van der Waals surface area contributed by atoms with Gasteiger partial charge in [-0.15, -0.1) is 0 Å². The van der Waals surface area contributed by atoms with Gasteiger partial charge in [0.15, 0.2) is 5.79 Å². The summed E-state index contributed by atoms with van der Waals surface area (Å²) in [7, 11) is 1.66. The molecule has 0 saturated heterocycles. The lowest BCUT2D eigenvalue weighted by atomic mass is 10.1. The molecular formula is C14H26O2. The molecule has 0 fully saturated rings. The summed E-state index contributed by atoms with van der Waals surface area (Å²) in [5.41, 5.74) is 2.74. The third-order valence-electron chi connectivity index (χ3n) is 2.45. The predicted molar refractivity (Wildman–Crippen MR) is 69.5 cm³/mol. The topological polar surface area (TPSA) is 18.5 Å². The molecule has 2 nitrogen and oxygen atoms in total. The average molecular weight is 226 g/mol. The first-order chi connectivity index (χ1) is 7.37. The Morgan fingerprint density at radius 3 is 2.25 bits per heavy atom. The van der Waals surface area contributed by atoms with E-state index < -0.39 is 5.79 Å². The van der Waals surface area contributed by atoms with E-state index in [1.54, 1.807) is 7.11 Å². The molecule has 0 aliphatic rings. The maximum atomic E-state index is 5.56. The molecule has 2 heteroatoms. The highest BCUT2D eigenvalue weighted by atomic mass is 16.7. The molecular weight excluding hydrogens is 200 g/mol. The van der Waals surface area contributed by atoms with Crippen LogP contribution in [-0.4, -0.2) is 19.5 Å². The van der Waals surface area contributed by atoms with Crippen molar-refractivity contribution in [2.24, 2.45) is 0 Å². The highest BCUT2D eigenvalue weighted by molar-refractivity contribution is 5.02. The molecule has 0 aliphatic carbocycles. The van der Waals surface area contributed by atoms with Crippen LogP contribution in [0.2, 0.25) is 0 Å². The highest BCUT2D eigenvalue weighted by Crippen LogP contribution is 2.11. The van der Waals surface area contributed by atoms with Gasteiger partial charge in [-0.1, -0.05) is 23.3 Å². The number of hydrogen-bond donors (Lipinski definition) is 0. The van der Waals surface area contributed by atoms with Gasteiger partial charge in [-0.2, -0.15) is 0 Å². The largest absolute Gasteiger partial charge is 0.354 e. The predicted octanol–water partition coefficient (Wildman–Crippen LogP) is 4.08. The van der Waals surface area contributed by atoms with Crippen molar-refractivity contribution in [3.8, 4) is 0 Å². The van der Waals surface area contributed by atoms with E-state index in [4.69, 9.17) is 9.47 Å². The second kappa shape index (κ2) is 7.64. The Bertz CT molecular complexity index is 245. The Labute approximate surface area is 100 Å². The molecule has 0 rings (SSSR count). The van der Waals surface area contributed by atoms with E-state index in [2.05, 4.69) is 32.9 Å². The van der Waals surface area contributed by atoms with E-state index in [1.807, 2.05) is 13.8 Å². The molecule has 0 saturated carbocycles. The Balaban J connectivity index is 3.83. The molecule has 0 aromatic carbocycles. The van der Waals surface area contributed by atoms with Gasteiger partial charge in [0.2, 0.25) is 0 Å². The molecule has 0 radical (unpaired) electrons. The van der Waals surface area contributed by atoms with Crippen molar-refractivity contribution in [3.05, 3.63) is 23.3 Å². The van der Waals surface area contributed by atoms with Crippen LogP contribution in [0.1, 0.15) is 47.5 Å². The van der Waals surface area contributed by atoms with Gasteiger partial charge in [-0.05, 0) is 47.5 Å². The monoisotopic (exact) mass is 226 g/mol. The molecule has 0 N–H and O–H groups in total. The lowest BCUT2D eigenvalue weighted by Crippen LogP contribution is -2.26. The van der Waals surface area contributed by atoms with E-state index in [0.717, 1.165) is 12.8 Å². The highest BCUT2D eigenvalue weighted by Gasteiger charge is 2.14. The number of rotatable bonds is 7. The van der Waals surface area contributed by atoms with Gasteiger partial charge < -0.3 is 9.47 Å². The molecule has 0 atom stereocenters. The molecule has 16 heavy (non-hydrogen) atoms. The van der Waals surface area contributed by atoms with E-state index in [1.165, 1.54) is 11.1 Å². The van der Waals surface area contributed by atoms with Crippen molar-refractivity contribution >= 4 is 0 Å². The second-order valence-corrected chi connectivity index (χ2v) is 4.79. The Morgan fingerprint density at radius 2 is 1.75 bits per heavy atom. The van der Waals surface area contributed by atoms with E-state index in [-0.39, 0.29) is 0 Å². The number of allylic oxidation sites excluding steroid dienone is 3. The van der Waals surface area contributed by atoms with Gasteiger partial charge in [0, 0.05) is 7.11 Å². The Kier molecular flexibility index (Phi) is 7.35. The van der Waals surface area contributed by atoms with Crippen LogP contribution >= 0.6 is 0 Å². The third-order valence-corrected chi connectivity index (χ3v) is 2.45. The number of methoxy groups -OCH3 is 1. The number of ether oxygens (including phenoxy) is 2. The molecule has 0 aromatic heterocycles. The van der Waals surface area contributed by atoms with Gasteiger partial charge in [-0.25, -0.2) is 0 Å². The normalized spacial score (nSPS) is 12.8. The molecule has 94 valence electrons. The van der Waals surface area contributed by atoms with E-state index >= 15 is 0 Å². The van der Waals surface area contributed by atoms with Crippen molar-refractivity contribution < 1.29 is 9.47 Å². The van der Waals surface area contributed by atoms with Crippen LogP contribution < -0.4 is 0 Å². The van der Waals surface area contributed by atoms with Gasteiger partial charge in [0.25, 0.3) is 0 Å². The van der Waals surface area contributed by atoms with Gasteiger partial charge in [-0.3, -0.25) is 0 Å². The van der Waals surface area contributed by atoms with Crippen molar-refractivity contribution in [1.29, 1.82) is 0 Å². The van der Waals surface area contributed by atoms with Gasteiger partial charge in [0.05, 0.1) is 6.61 Å². The van der Waals surface area contributed by atoms with Gasteiger partial charge >= 0.3 is 0 Å². The third kappa shape index (κ3) is 8.69. The van der Waals surface area contributed by atoms with Gasteiger partial charge in [0.1, 0.15) is 0 Å². The quantitative estimate of drug-likeness (QED) is 0.481. The first kappa shape index (κ1) is 15.4. The molecule has 0 aliphatic heterocycles. The summed E-state index contributed by atoms with van der Waals surface area (Å²) in [5, 5.41) is 0. The molecule has 0 aromatic rings.